The van der Waals surface area contributed by atoms with Gasteiger partial charge in [0, 0.05) is 49.2 Å². The monoisotopic (exact) mass is 840 g/mol. The molecular weight excluding hydrogens is 781 g/mol. The number of carbonyl (C=O) groups excluding carboxylic acids is 3. The molecule has 4 aromatic rings. The van der Waals surface area contributed by atoms with Gasteiger partial charge in [0.15, 0.2) is 0 Å². The van der Waals surface area contributed by atoms with Crippen LogP contribution < -0.4 is 16.1 Å². The highest BCUT2D eigenvalue weighted by Crippen LogP contribution is 2.26. The first-order chi connectivity index (χ1) is 28.5. The van der Waals surface area contributed by atoms with Gasteiger partial charge in [-0.2, -0.15) is 0 Å². The van der Waals surface area contributed by atoms with Crippen LogP contribution in [0.15, 0.2) is 84.4 Å². The maximum absolute atomic E-state index is 14.5. The number of aliphatic hydroxyl groups excluding tert-OH is 1. The van der Waals surface area contributed by atoms with E-state index in [1.165, 1.54) is 0 Å². The topological polar surface area (TPSA) is 180 Å². The summed E-state index contributed by atoms with van der Waals surface area (Å²) < 4.78 is 0. The zero-order chi connectivity index (χ0) is 43.6. The standard InChI is InChI=1S/C45H60N8O6S/c1-8-30(4)38(53-23-22-51(44(53)59)26-34-28-60-42(47-34)29(2)3)40(55)48-36(24-31-14-10-9-11-15-31)37(54)27-52(50-41(56)39(45(5,6)7)49-43(57)58)25-32-17-19-33(20-18-32)35-16-12-13-21-46-35/h9-21,28-30,36-39,49,54H,8,22-27H2,1-7H3,(H,48,55)(H,50,56)(H,57,58)/t30-,36-,37-,38-,39+/m0/s1. The van der Waals surface area contributed by atoms with E-state index in [9.17, 15) is 29.4 Å². The molecule has 0 bridgehead atoms. The average Bonchev–Trinajstić information content (AvgIpc) is 3.83. The van der Waals surface area contributed by atoms with Gasteiger partial charge >= 0.3 is 12.1 Å². The molecule has 5 atom stereocenters. The third kappa shape index (κ3) is 12.3. The number of hydrogen-bond donors (Lipinski definition) is 5. The van der Waals surface area contributed by atoms with Crippen molar-refractivity contribution in [2.75, 3.05) is 19.6 Å². The third-order valence-corrected chi connectivity index (χ3v) is 12.0. The smallest absolute Gasteiger partial charge is 0.405 e. The van der Waals surface area contributed by atoms with Crippen molar-refractivity contribution in [3.8, 4) is 11.3 Å². The van der Waals surface area contributed by atoms with Gasteiger partial charge in [-0.3, -0.25) is 20.0 Å². The van der Waals surface area contributed by atoms with E-state index >= 15 is 0 Å². The second kappa shape index (κ2) is 20.7. The second-order valence-electron chi connectivity index (χ2n) is 16.9. The number of amides is 5. The van der Waals surface area contributed by atoms with Crippen LogP contribution in [0.3, 0.4) is 0 Å². The Hall–Kier alpha value is -5.38. The summed E-state index contributed by atoms with van der Waals surface area (Å²) in [5.41, 5.74) is 6.29. The Morgan fingerprint density at radius 2 is 1.62 bits per heavy atom. The summed E-state index contributed by atoms with van der Waals surface area (Å²) in [4.78, 5) is 66.6. The molecule has 2 aromatic carbocycles. The maximum Gasteiger partial charge on any atom is 0.405 e. The lowest BCUT2D eigenvalue weighted by molar-refractivity contribution is -0.132. The molecule has 5 amide bonds. The molecule has 60 heavy (non-hydrogen) atoms. The Labute approximate surface area is 357 Å². The molecule has 14 nitrogen and oxygen atoms in total. The highest BCUT2D eigenvalue weighted by Gasteiger charge is 2.41. The Kier molecular flexibility index (Phi) is 15.8. The molecule has 2 aromatic heterocycles. The Bertz CT molecular complexity index is 2020. The highest BCUT2D eigenvalue weighted by atomic mass is 32.1. The SMILES string of the molecule is CC[C@H](C)[C@@H](C(=O)N[C@@H](Cc1ccccc1)[C@@H](O)CN(Cc1ccc(-c2ccccn2)cc1)NC(=O)[C@@H](NC(=O)O)C(C)(C)C)N1CCN(Cc2csc(C(C)C)n2)C1=O. The molecule has 3 heterocycles. The number of pyridine rings is 1. The van der Waals surface area contributed by atoms with E-state index in [0.29, 0.717) is 26.1 Å². The Morgan fingerprint density at radius 3 is 2.22 bits per heavy atom. The van der Waals surface area contributed by atoms with E-state index in [1.807, 2.05) is 92.0 Å². The summed E-state index contributed by atoms with van der Waals surface area (Å²) in [5, 5.41) is 31.8. The van der Waals surface area contributed by atoms with E-state index < -0.39 is 41.6 Å². The molecule has 322 valence electrons. The van der Waals surface area contributed by atoms with Crippen LogP contribution in [0.1, 0.15) is 82.6 Å². The first kappa shape index (κ1) is 45.7. The summed E-state index contributed by atoms with van der Waals surface area (Å²) in [7, 11) is 0. The van der Waals surface area contributed by atoms with Crippen molar-refractivity contribution < 1.29 is 29.4 Å². The van der Waals surface area contributed by atoms with E-state index in [4.69, 9.17) is 4.98 Å². The van der Waals surface area contributed by atoms with Gasteiger partial charge in [-0.1, -0.05) is 116 Å². The molecule has 1 fully saturated rings. The summed E-state index contributed by atoms with van der Waals surface area (Å²) in [6.45, 7) is 14.6. The number of carboxylic acid groups (broad SMARTS) is 1. The molecule has 0 aliphatic carbocycles. The van der Waals surface area contributed by atoms with Crippen molar-refractivity contribution >= 4 is 35.3 Å². The van der Waals surface area contributed by atoms with Crippen LogP contribution in [0.25, 0.3) is 11.3 Å². The van der Waals surface area contributed by atoms with Gasteiger partial charge in [0.1, 0.15) is 12.1 Å². The quantitative estimate of drug-likeness (QED) is 0.0679. The van der Waals surface area contributed by atoms with E-state index in [0.717, 1.165) is 33.1 Å². The van der Waals surface area contributed by atoms with E-state index in [-0.39, 0.29) is 43.3 Å². The predicted molar refractivity (Wildman–Crippen MR) is 233 cm³/mol. The minimum Gasteiger partial charge on any atom is -0.465 e. The Morgan fingerprint density at radius 1 is 0.917 bits per heavy atom. The minimum absolute atomic E-state index is 0.133. The lowest BCUT2D eigenvalue weighted by Crippen LogP contribution is -2.60. The number of urea groups is 1. The number of hydrogen-bond acceptors (Lipinski definition) is 9. The summed E-state index contributed by atoms with van der Waals surface area (Å²) in [6, 6.07) is 19.8. The molecule has 0 saturated carbocycles. The summed E-state index contributed by atoms with van der Waals surface area (Å²) in [6.07, 6.45) is 0.0419. The van der Waals surface area contributed by atoms with Crippen molar-refractivity contribution in [3.05, 3.63) is 106 Å². The lowest BCUT2D eigenvalue weighted by atomic mass is 9.86. The number of nitrogens with zero attached hydrogens (tertiary/aromatic N) is 5. The number of carbonyl (C=O) groups is 4. The van der Waals surface area contributed by atoms with Gasteiger partial charge in [-0.05, 0) is 41.0 Å². The minimum atomic E-state index is -1.34. The van der Waals surface area contributed by atoms with Crippen LogP contribution in [0.4, 0.5) is 9.59 Å². The third-order valence-electron chi connectivity index (χ3n) is 10.8. The fourth-order valence-electron chi connectivity index (χ4n) is 7.27. The first-order valence-electron chi connectivity index (χ1n) is 20.6. The normalized spacial score (nSPS) is 15.7. The summed E-state index contributed by atoms with van der Waals surface area (Å²) in [5.74, 6) is -0.891. The molecule has 1 aliphatic heterocycles. The zero-order valence-electron chi connectivity index (χ0n) is 35.7. The average molecular weight is 841 g/mol. The van der Waals surface area contributed by atoms with Gasteiger partial charge in [-0.25, -0.2) is 19.6 Å². The first-order valence-corrected chi connectivity index (χ1v) is 21.5. The van der Waals surface area contributed by atoms with E-state index in [2.05, 4.69) is 34.9 Å². The van der Waals surface area contributed by atoms with Crippen LogP contribution in [0.2, 0.25) is 0 Å². The molecule has 1 saturated heterocycles. The number of thiazole rings is 1. The van der Waals surface area contributed by atoms with Gasteiger partial charge in [0.05, 0.1) is 35.1 Å². The lowest BCUT2D eigenvalue weighted by Gasteiger charge is -2.36. The fraction of sp³-hybridized carbons (Fsp3) is 0.467. The molecule has 5 rings (SSSR count). The van der Waals surface area contributed by atoms with Crippen molar-refractivity contribution in [2.24, 2.45) is 11.3 Å². The summed E-state index contributed by atoms with van der Waals surface area (Å²) >= 11 is 1.58. The number of hydrazine groups is 1. The maximum atomic E-state index is 14.5. The van der Waals surface area contributed by atoms with Crippen LogP contribution in [0, 0.1) is 11.3 Å². The van der Waals surface area contributed by atoms with Gasteiger partial charge in [-0.15, -0.1) is 11.3 Å². The van der Waals surface area contributed by atoms with Crippen molar-refractivity contribution in [3.63, 3.8) is 0 Å². The molecular formula is C45H60N8O6S. The second-order valence-corrected chi connectivity index (χ2v) is 17.8. The van der Waals surface area contributed by atoms with Crippen LogP contribution in [0.5, 0.6) is 0 Å². The number of nitrogens with one attached hydrogen (secondary N) is 3. The molecule has 0 unspecified atom stereocenters. The molecule has 1 aliphatic rings. The predicted octanol–water partition coefficient (Wildman–Crippen LogP) is 6.28. The Balaban J connectivity index is 1.40. The van der Waals surface area contributed by atoms with Crippen LogP contribution >= 0.6 is 11.3 Å². The van der Waals surface area contributed by atoms with E-state index in [1.54, 1.807) is 53.1 Å². The van der Waals surface area contributed by atoms with Gasteiger partial charge < -0.3 is 30.6 Å². The fourth-order valence-corrected chi connectivity index (χ4v) is 8.09. The van der Waals surface area contributed by atoms with Crippen molar-refractivity contribution in [2.45, 2.75) is 105 Å². The molecule has 15 heteroatoms. The molecule has 0 radical (unpaired) electrons. The van der Waals surface area contributed by atoms with Gasteiger partial charge in [0.2, 0.25) is 5.91 Å². The number of aliphatic hydroxyl groups is 1. The largest absolute Gasteiger partial charge is 0.465 e. The van der Waals surface area contributed by atoms with Crippen LogP contribution in [-0.2, 0) is 29.1 Å². The zero-order valence-corrected chi connectivity index (χ0v) is 36.5. The van der Waals surface area contributed by atoms with Crippen molar-refractivity contribution in [1.82, 2.24) is 40.8 Å². The number of aromatic nitrogens is 2. The van der Waals surface area contributed by atoms with Gasteiger partial charge in [0.25, 0.3) is 5.91 Å². The number of benzene rings is 2. The molecule has 5 N–H and O–H groups in total. The molecule has 0 spiro atoms. The number of rotatable bonds is 19. The van der Waals surface area contributed by atoms with Crippen molar-refractivity contribution in [1.29, 1.82) is 0 Å². The van der Waals surface area contributed by atoms with Crippen LogP contribution in [-0.4, -0.2) is 103 Å². The highest BCUT2D eigenvalue weighted by molar-refractivity contribution is 7.09.